The molecule has 0 bridgehead atoms. The second-order valence-corrected chi connectivity index (χ2v) is 5.45. The van der Waals surface area contributed by atoms with Crippen molar-refractivity contribution in [1.29, 1.82) is 0 Å². The second kappa shape index (κ2) is 5.79. The summed E-state index contributed by atoms with van der Waals surface area (Å²) < 4.78 is 8.50. The van der Waals surface area contributed by atoms with Crippen molar-refractivity contribution >= 4 is 51.7 Å². The number of nitrogens with zero attached hydrogens (tertiary/aromatic N) is 4. The molecule has 0 aliphatic rings. The van der Waals surface area contributed by atoms with Gasteiger partial charge in [-0.1, -0.05) is 24.9 Å². The molecule has 1 aromatic carbocycles. The Morgan fingerprint density at radius 3 is 2.95 bits per heavy atom. The summed E-state index contributed by atoms with van der Waals surface area (Å²) in [5, 5.41) is 3.80. The maximum atomic E-state index is 6.28. The predicted octanol–water partition coefficient (Wildman–Crippen LogP) is 3.41. The smallest absolute Gasteiger partial charge is 0.139 e. The third-order valence-electron chi connectivity index (χ3n) is 3.10. The van der Waals surface area contributed by atoms with E-state index >= 15 is 0 Å². The Morgan fingerprint density at radius 1 is 1.29 bits per heavy atom. The van der Waals surface area contributed by atoms with Gasteiger partial charge in [-0.05, 0) is 18.6 Å². The molecule has 6 nitrogen and oxygen atoms in total. The van der Waals surface area contributed by atoms with Crippen molar-refractivity contribution < 1.29 is 0 Å². The van der Waals surface area contributed by atoms with Crippen LogP contribution in [-0.2, 0) is 6.42 Å². The Hall–Kier alpha value is -1.99. The highest BCUT2D eigenvalue weighted by Crippen LogP contribution is 2.33. The number of nitrogens with one attached hydrogen (secondary N) is 1. The zero-order valence-electron chi connectivity index (χ0n) is 11.3. The molecule has 3 rings (SSSR count). The number of nitrogen functional groups attached to an aromatic ring is 1. The Kier molecular flexibility index (Phi) is 3.85. The van der Waals surface area contributed by atoms with Crippen molar-refractivity contribution in [3.8, 4) is 0 Å². The minimum absolute atomic E-state index is 0.481. The van der Waals surface area contributed by atoms with Crippen LogP contribution in [0.1, 0.15) is 18.9 Å². The third kappa shape index (κ3) is 2.62. The van der Waals surface area contributed by atoms with Crippen molar-refractivity contribution in [2.75, 3.05) is 11.1 Å². The van der Waals surface area contributed by atoms with Gasteiger partial charge < -0.3 is 11.1 Å². The number of halogens is 1. The molecule has 3 N–H and O–H groups in total. The van der Waals surface area contributed by atoms with Gasteiger partial charge in [0, 0.05) is 5.56 Å². The van der Waals surface area contributed by atoms with Crippen LogP contribution in [0.2, 0.25) is 5.02 Å². The predicted molar refractivity (Wildman–Crippen MR) is 86.1 cm³/mol. The maximum absolute atomic E-state index is 6.28. The van der Waals surface area contributed by atoms with Gasteiger partial charge in [0.25, 0.3) is 0 Å². The van der Waals surface area contributed by atoms with Gasteiger partial charge in [-0.3, -0.25) is 0 Å². The van der Waals surface area contributed by atoms with Gasteiger partial charge in [0.1, 0.15) is 29.0 Å². The molecule has 0 aliphatic carbocycles. The van der Waals surface area contributed by atoms with Crippen LogP contribution in [0.4, 0.5) is 17.3 Å². The van der Waals surface area contributed by atoms with Crippen molar-refractivity contribution in [2.45, 2.75) is 19.8 Å². The molecule has 0 unspecified atom stereocenters. The van der Waals surface area contributed by atoms with E-state index < -0.39 is 0 Å². The summed E-state index contributed by atoms with van der Waals surface area (Å²) in [6.45, 7) is 2.08. The number of rotatable bonds is 4. The molecular weight excluding hydrogens is 308 g/mol. The van der Waals surface area contributed by atoms with E-state index in [1.165, 1.54) is 6.33 Å². The van der Waals surface area contributed by atoms with Crippen molar-refractivity contribution in [3.63, 3.8) is 0 Å². The minimum atomic E-state index is 0.481. The van der Waals surface area contributed by atoms with Gasteiger partial charge in [-0.25, -0.2) is 9.97 Å². The maximum Gasteiger partial charge on any atom is 0.139 e. The fraction of sp³-hybridized carbons (Fsp3) is 0.231. The Balaban J connectivity index is 2.08. The molecule has 0 fully saturated rings. The van der Waals surface area contributed by atoms with E-state index in [0.29, 0.717) is 22.3 Å². The van der Waals surface area contributed by atoms with E-state index in [1.807, 2.05) is 6.07 Å². The molecule has 0 radical (unpaired) electrons. The first kappa shape index (κ1) is 14.0. The number of nitrogens with two attached hydrogens (primary N) is 1. The van der Waals surface area contributed by atoms with Crippen LogP contribution in [-0.4, -0.2) is 18.7 Å². The van der Waals surface area contributed by atoms with Crippen LogP contribution in [0.3, 0.4) is 0 Å². The summed E-state index contributed by atoms with van der Waals surface area (Å²) in [6.07, 6.45) is 3.17. The quantitative estimate of drug-likeness (QED) is 0.765. The SMILES string of the molecule is CCCc1c(N)ncnc1Nc1c(Cl)ccc2nsnc12. The molecule has 8 heteroatoms. The Labute approximate surface area is 130 Å². The molecule has 0 amide bonds. The average molecular weight is 321 g/mol. The highest BCUT2D eigenvalue weighted by Gasteiger charge is 2.14. The van der Waals surface area contributed by atoms with Crippen LogP contribution >= 0.6 is 23.3 Å². The first-order valence-corrected chi connectivity index (χ1v) is 7.58. The monoisotopic (exact) mass is 320 g/mol. The van der Waals surface area contributed by atoms with Gasteiger partial charge in [0.15, 0.2) is 0 Å². The summed E-state index contributed by atoms with van der Waals surface area (Å²) >= 11 is 7.43. The number of aromatic nitrogens is 4. The zero-order chi connectivity index (χ0) is 14.8. The fourth-order valence-corrected chi connectivity index (χ4v) is 2.84. The average Bonchev–Trinajstić information content (AvgIpc) is 2.94. The highest BCUT2D eigenvalue weighted by atomic mass is 35.5. The summed E-state index contributed by atoms with van der Waals surface area (Å²) in [5.41, 5.74) is 9.05. The highest BCUT2D eigenvalue weighted by molar-refractivity contribution is 7.00. The standard InChI is InChI=1S/C13H13ClN6S/c1-2-3-7-12(15)16-6-17-13(7)18-10-8(14)4-5-9-11(10)20-21-19-9/h4-6H,2-3H2,1H3,(H3,15,16,17,18). The van der Waals surface area contributed by atoms with Gasteiger partial charge >= 0.3 is 0 Å². The summed E-state index contributed by atoms with van der Waals surface area (Å²) in [6, 6.07) is 3.63. The summed E-state index contributed by atoms with van der Waals surface area (Å²) in [5.74, 6) is 1.14. The van der Waals surface area contributed by atoms with Crippen LogP contribution in [0.15, 0.2) is 18.5 Å². The first-order valence-electron chi connectivity index (χ1n) is 6.47. The number of fused-ring (bicyclic) bond motifs is 1. The zero-order valence-corrected chi connectivity index (χ0v) is 12.9. The molecule has 2 aromatic heterocycles. The van der Waals surface area contributed by atoms with E-state index in [-0.39, 0.29) is 0 Å². The van der Waals surface area contributed by atoms with Gasteiger partial charge in [-0.15, -0.1) is 0 Å². The normalized spacial score (nSPS) is 11.0. The Morgan fingerprint density at radius 2 is 2.14 bits per heavy atom. The number of hydrogen-bond acceptors (Lipinski definition) is 7. The molecule has 0 atom stereocenters. The summed E-state index contributed by atoms with van der Waals surface area (Å²) in [4.78, 5) is 8.32. The third-order valence-corrected chi connectivity index (χ3v) is 3.96. The second-order valence-electron chi connectivity index (χ2n) is 4.52. The minimum Gasteiger partial charge on any atom is -0.383 e. The molecule has 21 heavy (non-hydrogen) atoms. The molecule has 0 saturated carbocycles. The first-order chi connectivity index (χ1) is 10.2. The topological polar surface area (TPSA) is 89.6 Å². The van der Waals surface area contributed by atoms with Crippen LogP contribution in [0.5, 0.6) is 0 Å². The van der Waals surface area contributed by atoms with Gasteiger partial charge in [0.05, 0.1) is 22.4 Å². The van der Waals surface area contributed by atoms with E-state index in [0.717, 1.165) is 41.2 Å². The van der Waals surface area contributed by atoms with Gasteiger partial charge in [-0.2, -0.15) is 8.75 Å². The van der Waals surface area contributed by atoms with Crippen LogP contribution < -0.4 is 11.1 Å². The van der Waals surface area contributed by atoms with Crippen molar-refractivity contribution in [3.05, 3.63) is 29.0 Å². The molecule has 3 aromatic rings. The molecule has 0 saturated heterocycles. The molecule has 0 spiro atoms. The lowest BCUT2D eigenvalue weighted by atomic mass is 10.1. The largest absolute Gasteiger partial charge is 0.383 e. The van der Waals surface area contributed by atoms with E-state index in [1.54, 1.807) is 6.07 Å². The number of anilines is 3. The number of benzene rings is 1. The van der Waals surface area contributed by atoms with Gasteiger partial charge in [0.2, 0.25) is 0 Å². The molecule has 0 aliphatic heterocycles. The lowest BCUT2D eigenvalue weighted by Crippen LogP contribution is -2.05. The number of hydrogen-bond donors (Lipinski definition) is 2. The molecule has 108 valence electrons. The molecule has 2 heterocycles. The van der Waals surface area contributed by atoms with E-state index in [2.05, 4.69) is 31.0 Å². The van der Waals surface area contributed by atoms with Crippen molar-refractivity contribution in [1.82, 2.24) is 18.7 Å². The van der Waals surface area contributed by atoms with Crippen molar-refractivity contribution in [2.24, 2.45) is 0 Å². The van der Waals surface area contributed by atoms with Crippen LogP contribution in [0, 0.1) is 0 Å². The van der Waals surface area contributed by atoms with E-state index in [4.69, 9.17) is 17.3 Å². The lowest BCUT2D eigenvalue weighted by Gasteiger charge is -2.13. The Bertz CT molecular complexity index is 787. The van der Waals surface area contributed by atoms with E-state index in [9.17, 15) is 0 Å². The summed E-state index contributed by atoms with van der Waals surface area (Å²) in [7, 11) is 0. The fourth-order valence-electron chi connectivity index (χ4n) is 2.09. The lowest BCUT2D eigenvalue weighted by molar-refractivity contribution is 0.908. The molecular formula is C13H13ClN6S. The van der Waals surface area contributed by atoms with Crippen LogP contribution in [0.25, 0.3) is 11.0 Å².